The van der Waals surface area contributed by atoms with Crippen LogP contribution in [0.5, 0.6) is 34.5 Å². The highest BCUT2D eigenvalue weighted by Gasteiger charge is 2.30. The zero-order chi connectivity index (χ0) is 31.1. The van der Waals surface area contributed by atoms with Gasteiger partial charge in [0.05, 0.1) is 20.1 Å². The molecule has 228 valence electrons. The minimum atomic E-state index is -1.00. The number of fused-ring (bicyclic) bond motifs is 1. The molecule has 43 heavy (non-hydrogen) atoms. The largest absolute Gasteiger partial charge is 0.507 e. The first-order valence-electron chi connectivity index (χ1n) is 14.2. The molecule has 0 amide bonds. The van der Waals surface area contributed by atoms with Crippen molar-refractivity contribution in [2.24, 2.45) is 0 Å². The van der Waals surface area contributed by atoms with Crippen LogP contribution in [-0.4, -0.2) is 45.2 Å². The van der Waals surface area contributed by atoms with Crippen molar-refractivity contribution in [1.29, 1.82) is 0 Å². The first-order valence-corrected chi connectivity index (χ1v) is 14.2. The Labute approximate surface area is 248 Å². The molecule has 4 rings (SSSR count). The molecule has 0 spiro atoms. The maximum absolute atomic E-state index is 13.3. The minimum Gasteiger partial charge on any atom is -0.507 e. The van der Waals surface area contributed by atoms with E-state index in [1.54, 1.807) is 24.3 Å². The Morgan fingerprint density at radius 2 is 1.53 bits per heavy atom. The molecule has 1 unspecified atom stereocenters. The smallest absolute Gasteiger partial charge is 0.306 e. The molecule has 10 heteroatoms. The van der Waals surface area contributed by atoms with Crippen LogP contribution in [0.15, 0.2) is 57.7 Å². The van der Waals surface area contributed by atoms with Gasteiger partial charge in [0, 0.05) is 23.1 Å². The molecule has 1 heterocycles. The van der Waals surface area contributed by atoms with Crippen LogP contribution in [0, 0.1) is 0 Å². The van der Waals surface area contributed by atoms with Crippen molar-refractivity contribution in [3.8, 4) is 45.8 Å². The number of hydrogen-bond donors (Lipinski definition) is 5. The standard InChI is InChI=1S/C33H36O10/c1-3-4-5-6-7-8-15-42-21-12-9-19(10-13-21)22(17-27(38)41-2)28-25(36)18-26(37)29-30(39)31(40)32(43-33(28)29)20-11-14-23(34)24(35)16-20/h9-14,16,18,22,34-37,40H,3-8,15,17H2,1-2H3. The summed E-state index contributed by atoms with van der Waals surface area (Å²) in [6.07, 6.45) is 6.55. The first kappa shape index (κ1) is 31.1. The third-order valence-corrected chi connectivity index (χ3v) is 7.37. The van der Waals surface area contributed by atoms with E-state index < -0.39 is 51.4 Å². The van der Waals surface area contributed by atoms with E-state index in [-0.39, 0.29) is 28.9 Å². The molecule has 10 nitrogen and oxygen atoms in total. The fourth-order valence-electron chi connectivity index (χ4n) is 5.05. The van der Waals surface area contributed by atoms with Gasteiger partial charge in [0.2, 0.25) is 11.2 Å². The number of carbonyl (C=O) groups is 1. The van der Waals surface area contributed by atoms with E-state index in [0.29, 0.717) is 17.9 Å². The number of esters is 1. The normalized spacial score (nSPS) is 11.9. The Morgan fingerprint density at radius 1 is 0.837 bits per heavy atom. The molecule has 0 bridgehead atoms. The Morgan fingerprint density at radius 3 is 2.21 bits per heavy atom. The van der Waals surface area contributed by atoms with Gasteiger partial charge in [-0.3, -0.25) is 9.59 Å². The molecule has 0 aliphatic carbocycles. The van der Waals surface area contributed by atoms with Crippen LogP contribution in [0.4, 0.5) is 0 Å². The lowest BCUT2D eigenvalue weighted by Gasteiger charge is -2.21. The summed E-state index contributed by atoms with van der Waals surface area (Å²) in [7, 11) is 1.22. The van der Waals surface area contributed by atoms with Crippen molar-refractivity contribution in [3.63, 3.8) is 0 Å². The van der Waals surface area contributed by atoms with E-state index in [2.05, 4.69) is 6.92 Å². The van der Waals surface area contributed by atoms with Gasteiger partial charge < -0.3 is 39.4 Å². The highest BCUT2D eigenvalue weighted by atomic mass is 16.5. The minimum absolute atomic E-state index is 0.000276. The summed E-state index contributed by atoms with van der Waals surface area (Å²) >= 11 is 0. The zero-order valence-electron chi connectivity index (χ0n) is 24.1. The van der Waals surface area contributed by atoms with E-state index in [0.717, 1.165) is 31.0 Å². The Balaban J connectivity index is 1.76. The summed E-state index contributed by atoms with van der Waals surface area (Å²) in [6.45, 7) is 2.74. The topological polar surface area (TPSA) is 167 Å². The van der Waals surface area contributed by atoms with Gasteiger partial charge in [-0.05, 0) is 42.3 Å². The Bertz CT molecular complexity index is 1640. The number of aromatic hydroxyl groups is 5. The van der Waals surface area contributed by atoms with Crippen molar-refractivity contribution in [2.45, 2.75) is 57.8 Å². The summed E-state index contributed by atoms with van der Waals surface area (Å²) < 4.78 is 16.7. The van der Waals surface area contributed by atoms with Crippen LogP contribution in [0.1, 0.15) is 68.9 Å². The second kappa shape index (κ2) is 13.9. The number of carbonyl (C=O) groups excluding carboxylic acids is 1. The average molecular weight is 593 g/mol. The van der Waals surface area contributed by atoms with Crippen molar-refractivity contribution >= 4 is 16.9 Å². The van der Waals surface area contributed by atoms with Crippen molar-refractivity contribution in [1.82, 2.24) is 0 Å². The van der Waals surface area contributed by atoms with Crippen LogP contribution in [0.3, 0.4) is 0 Å². The zero-order valence-corrected chi connectivity index (χ0v) is 24.1. The number of rotatable bonds is 13. The molecular formula is C33H36O10. The third-order valence-electron chi connectivity index (χ3n) is 7.37. The molecule has 0 fully saturated rings. The first-order chi connectivity index (χ1) is 20.7. The van der Waals surface area contributed by atoms with Crippen molar-refractivity contribution < 1.29 is 44.2 Å². The summed E-state index contributed by atoms with van der Waals surface area (Å²) in [5, 5.41) is 51.6. The highest BCUT2D eigenvalue weighted by molar-refractivity contribution is 5.92. The van der Waals surface area contributed by atoms with E-state index >= 15 is 0 Å². The number of benzene rings is 3. The highest BCUT2D eigenvalue weighted by Crippen LogP contribution is 2.45. The molecule has 4 aromatic rings. The molecule has 5 N–H and O–H groups in total. The third kappa shape index (κ3) is 6.97. The summed E-state index contributed by atoms with van der Waals surface area (Å²) in [6, 6.07) is 11.4. The van der Waals surface area contributed by atoms with Gasteiger partial charge >= 0.3 is 5.97 Å². The van der Waals surface area contributed by atoms with Gasteiger partial charge in [0.1, 0.15) is 28.2 Å². The molecule has 0 saturated heterocycles. The van der Waals surface area contributed by atoms with Crippen molar-refractivity contribution in [2.75, 3.05) is 13.7 Å². The molecule has 0 radical (unpaired) electrons. The monoisotopic (exact) mass is 592 g/mol. The average Bonchev–Trinajstić information content (AvgIpc) is 2.99. The summed E-state index contributed by atoms with van der Waals surface area (Å²) in [5.41, 5.74) is -0.686. The van der Waals surface area contributed by atoms with E-state index in [4.69, 9.17) is 13.9 Å². The van der Waals surface area contributed by atoms with Gasteiger partial charge in [-0.2, -0.15) is 0 Å². The lowest BCUT2D eigenvalue weighted by molar-refractivity contribution is -0.140. The maximum Gasteiger partial charge on any atom is 0.306 e. The lowest BCUT2D eigenvalue weighted by atomic mass is 9.86. The second-order valence-electron chi connectivity index (χ2n) is 10.4. The van der Waals surface area contributed by atoms with Gasteiger partial charge in [0.15, 0.2) is 17.3 Å². The molecule has 3 aromatic carbocycles. The Hall–Kier alpha value is -4.86. The molecule has 1 atom stereocenters. The van der Waals surface area contributed by atoms with Crippen LogP contribution < -0.4 is 10.2 Å². The molecule has 1 aromatic heterocycles. The summed E-state index contributed by atoms with van der Waals surface area (Å²) in [5.74, 6) is -4.20. The fraction of sp³-hybridized carbons (Fsp3) is 0.333. The number of methoxy groups -OCH3 is 1. The van der Waals surface area contributed by atoms with E-state index in [1.165, 1.54) is 38.9 Å². The number of phenols is 4. The Kier molecular flexibility index (Phi) is 10.0. The lowest BCUT2D eigenvalue weighted by Crippen LogP contribution is -2.12. The predicted molar refractivity (Wildman–Crippen MR) is 160 cm³/mol. The van der Waals surface area contributed by atoms with E-state index in [1.807, 2.05) is 0 Å². The quantitative estimate of drug-likeness (QED) is 0.0664. The van der Waals surface area contributed by atoms with Gasteiger partial charge in [-0.25, -0.2) is 0 Å². The fourth-order valence-corrected chi connectivity index (χ4v) is 5.05. The van der Waals surface area contributed by atoms with Crippen LogP contribution in [-0.2, 0) is 9.53 Å². The summed E-state index contributed by atoms with van der Waals surface area (Å²) in [4.78, 5) is 25.8. The van der Waals surface area contributed by atoms with Crippen LogP contribution in [0.2, 0.25) is 0 Å². The van der Waals surface area contributed by atoms with Gasteiger partial charge in [-0.15, -0.1) is 0 Å². The van der Waals surface area contributed by atoms with Crippen molar-refractivity contribution in [3.05, 3.63) is 69.9 Å². The van der Waals surface area contributed by atoms with Gasteiger partial charge in [-0.1, -0.05) is 51.2 Å². The van der Waals surface area contributed by atoms with Crippen LogP contribution in [0.25, 0.3) is 22.3 Å². The van der Waals surface area contributed by atoms with Gasteiger partial charge in [0.25, 0.3) is 0 Å². The van der Waals surface area contributed by atoms with Crippen LogP contribution >= 0.6 is 0 Å². The van der Waals surface area contributed by atoms with E-state index in [9.17, 15) is 35.1 Å². The maximum atomic E-state index is 13.3. The molecule has 0 saturated carbocycles. The second-order valence-corrected chi connectivity index (χ2v) is 10.4. The predicted octanol–water partition coefficient (Wildman–Crippen LogP) is 6.42. The SMILES string of the molecule is CCCCCCCCOc1ccc(C(CC(=O)OC)c2c(O)cc(O)c3c(=O)c(O)c(-c4ccc(O)c(O)c4)oc23)cc1. The number of phenolic OH excluding ortho intramolecular Hbond substituents is 4. The number of ether oxygens (including phenoxy) is 2. The molecule has 0 aliphatic rings. The number of unbranched alkanes of at least 4 members (excludes halogenated alkanes) is 5. The number of hydrogen-bond acceptors (Lipinski definition) is 10. The molecular weight excluding hydrogens is 556 g/mol. The molecule has 0 aliphatic heterocycles.